The van der Waals surface area contributed by atoms with Crippen LogP contribution in [0.5, 0.6) is 0 Å². The fourth-order valence-corrected chi connectivity index (χ4v) is 2.55. The third kappa shape index (κ3) is 5.00. The van der Waals surface area contributed by atoms with Crippen LogP contribution < -0.4 is 5.32 Å². The number of benzene rings is 2. The van der Waals surface area contributed by atoms with Crippen molar-refractivity contribution in [2.45, 2.75) is 25.9 Å². The Bertz CT molecular complexity index is 534. The molecule has 0 amide bonds. The molecule has 1 N–H and O–H groups in total. The molecule has 0 radical (unpaired) electrons. The molecule has 1 atom stereocenters. The van der Waals surface area contributed by atoms with E-state index in [2.05, 4.69) is 85.8 Å². The molecule has 2 aromatic rings. The van der Waals surface area contributed by atoms with Crippen molar-refractivity contribution in [1.82, 2.24) is 10.2 Å². The van der Waals surface area contributed by atoms with Gasteiger partial charge in [0.25, 0.3) is 0 Å². The molecule has 0 aromatic heterocycles. The van der Waals surface area contributed by atoms with Gasteiger partial charge in [-0.1, -0.05) is 61.5 Å². The van der Waals surface area contributed by atoms with Gasteiger partial charge in [0, 0.05) is 19.6 Å². The predicted octanol–water partition coefficient (Wildman–Crippen LogP) is 3.64. The molecule has 0 bridgehead atoms. The van der Waals surface area contributed by atoms with Gasteiger partial charge in [-0.3, -0.25) is 0 Å². The van der Waals surface area contributed by atoms with Gasteiger partial charge in [0.05, 0.1) is 0 Å². The van der Waals surface area contributed by atoms with Crippen molar-refractivity contribution in [3.63, 3.8) is 0 Å². The molecular formula is C19H26N2. The van der Waals surface area contributed by atoms with E-state index in [4.69, 9.17) is 0 Å². The van der Waals surface area contributed by atoms with Gasteiger partial charge in [-0.15, -0.1) is 0 Å². The number of rotatable bonds is 7. The highest BCUT2D eigenvalue weighted by molar-refractivity contribution is 5.27. The number of hydrogen-bond donors (Lipinski definition) is 1. The van der Waals surface area contributed by atoms with Crippen LogP contribution in [0.15, 0.2) is 54.6 Å². The third-order valence-electron chi connectivity index (χ3n) is 3.74. The Kier molecular flexibility index (Phi) is 5.97. The molecule has 0 aliphatic rings. The van der Waals surface area contributed by atoms with Gasteiger partial charge < -0.3 is 10.2 Å². The quantitative estimate of drug-likeness (QED) is 0.834. The van der Waals surface area contributed by atoms with Gasteiger partial charge >= 0.3 is 0 Å². The minimum atomic E-state index is 0.534. The van der Waals surface area contributed by atoms with Crippen molar-refractivity contribution in [2.75, 3.05) is 20.6 Å². The third-order valence-corrected chi connectivity index (χ3v) is 3.74. The Morgan fingerprint density at radius 2 is 1.52 bits per heavy atom. The largest absolute Gasteiger partial charge is 0.312 e. The standard InChI is InChI=1S/C19H26N2/c1-16(17-9-5-4-6-10-17)13-20-14-18-11-7-8-12-19(18)15-21(2)3/h4-12,16,20H,13-15H2,1-3H3. The van der Waals surface area contributed by atoms with Crippen molar-refractivity contribution in [1.29, 1.82) is 0 Å². The molecule has 1 unspecified atom stereocenters. The lowest BCUT2D eigenvalue weighted by atomic mass is 10.0. The second kappa shape index (κ2) is 7.96. The zero-order chi connectivity index (χ0) is 15.1. The molecule has 2 aromatic carbocycles. The number of nitrogens with zero attached hydrogens (tertiary/aromatic N) is 1. The molecule has 0 heterocycles. The number of hydrogen-bond acceptors (Lipinski definition) is 2. The van der Waals surface area contributed by atoms with Crippen molar-refractivity contribution in [3.8, 4) is 0 Å². The van der Waals surface area contributed by atoms with Gasteiger partial charge in [0.2, 0.25) is 0 Å². The first-order valence-corrected chi connectivity index (χ1v) is 7.64. The Balaban J connectivity index is 1.89. The first-order chi connectivity index (χ1) is 10.2. The summed E-state index contributed by atoms with van der Waals surface area (Å²) in [6, 6.07) is 19.4. The lowest BCUT2D eigenvalue weighted by molar-refractivity contribution is 0.400. The summed E-state index contributed by atoms with van der Waals surface area (Å²) in [6.07, 6.45) is 0. The highest BCUT2D eigenvalue weighted by Gasteiger charge is 2.06. The summed E-state index contributed by atoms with van der Waals surface area (Å²) in [4.78, 5) is 2.21. The van der Waals surface area contributed by atoms with E-state index in [1.165, 1.54) is 16.7 Å². The fourth-order valence-electron chi connectivity index (χ4n) is 2.55. The SMILES string of the molecule is CC(CNCc1ccccc1CN(C)C)c1ccccc1. The summed E-state index contributed by atoms with van der Waals surface area (Å²) >= 11 is 0. The minimum absolute atomic E-state index is 0.534. The molecule has 0 aliphatic heterocycles. The second-order valence-electron chi connectivity index (χ2n) is 5.95. The van der Waals surface area contributed by atoms with Crippen LogP contribution in [0.25, 0.3) is 0 Å². The topological polar surface area (TPSA) is 15.3 Å². The summed E-state index contributed by atoms with van der Waals surface area (Å²) in [5.41, 5.74) is 4.19. The van der Waals surface area contributed by atoms with Crippen LogP contribution in [0.2, 0.25) is 0 Å². The summed E-state index contributed by atoms with van der Waals surface area (Å²) in [5, 5.41) is 3.60. The normalized spacial score (nSPS) is 12.6. The van der Waals surface area contributed by atoms with Crippen molar-refractivity contribution in [2.24, 2.45) is 0 Å². The summed E-state index contributed by atoms with van der Waals surface area (Å²) in [5.74, 6) is 0.534. The van der Waals surface area contributed by atoms with E-state index in [-0.39, 0.29) is 0 Å². The average molecular weight is 282 g/mol. The van der Waals surface area contributed by atoms with E-state index in [1.807, 2.05) is 0 Å². The average Bonchev–Trinajstić information content (AvgIpc) is 2.49. The smallest absolute Gasteiger partial charge is 0.0230 e. The van der Waals surface area contributed by atoms with Crippen molar-refractivity contribution < 1.29 is 0 Å². The second-order valence-corrected chi connectivity index (χ2v) is 5.95. The fraction of sp³-hybridized carbons (Fsp3) is 0.368. The van der Waals surface area contributed by atoms with Crippen molar-refractivity contribution in [3.05, 3.63) is 71.3 Å². The van der Waals surface area contributed by atoms with E-state index in [0.29, 0.717) is 5.92 Å². The van der Waals surface area contributed by atoms with E-state index in [0.717, 1.165) is 19.6 Å². The maximum atomic E-state index is 3.60. The van der Waals surface area contributed by atoms with Crippen LogP contribution in [0, 0.1) is 0 Å². The van der Waals surface area contributed by atoms with Crippen LogP contribution in [-0.4, -0.2) is 25.5 Å². The summed E-state index contributed by atoms with van der Waals surface area (Å²) in [6.45, 7) is 5.20. The molecule has 2 nitrogen and oxygen atoms in total. The van der Waals surface area contributed by atoms with Gasteiger partial charge in [-0.25, -0.2) is 0 Å². The molecule has 0 saturated carbocycles. The highest BCUT2D eigenvalue weighted by atomic mass is 15.0. The van der Waals surface area contributed by atoms with Gasteiger partial charge in [0.1, 0.15) is 0 Å². The molecule has 21 heavy (non-hydrogen) atoms. The first-order valence-electron chi connectivity index (χ1n) is 7.64. The van der Waals surface area contributed by atoms with Crippen LogP contribution in [0.1, 0.15) is 29.5 Å². The summed E-state index contributed by atoms with van der Waals surface area (Å²) < 4.78 is 0. The maximum absolute atomic E-state index is 3.60. The molecule has 0 saturated heterocycles. The molecular weight excluding hydrogens is 256 g/mol. The van der Waals surface area contributed by atoms with Crippen LogP contribution in [-0.2, 0) is 13.1 Å². The lowest BCUT2D eigenvalue weighted by Crippen LogP contribution is -2.21. The minimum Gasteiger partial charge on any atom is -0.312 e. The van der Waals surface area contributed by atoms with E-state index < -0.39 is 0 Å². The van der Waals surface area contributed by atoms with Crippen LogP contribution >= 0.6 is 0 Å². The maximum Gasteiger partial charge on any atom is 0.0230 e. The monoisotopic (exact) mass is 282 g/mol. The number of nitrogens with one attached hydrogen (secondary N) is 1. The molecule has 0 fully saturated rings. The van der Waals surface area contributed by atoms with Gasteiger partial charge in [-0.2, -0.15) is 0 Å². The highest BCUT2D eigenvalue weighted by Crippen LogP contribution is 2.14. The molecule has 2 rings (SSSR count). The van der Waals surface area contributed by atoms with Gasteiger partial charge in [-0.05, 0) is 36.7 Å². The Morgan fingerprint density at radius 3 is 2.19 bits per heavy atom. The lowest BCUT2D eigenvalue weighted by Gasteiger charge is -2.16. The zero-order valence-electron chi connectivity index (χ0n) is 13.3. The van der Waals surface area contributed by atoms with E-state index >= 15 is 0 Å². The van der Waals surface area contributed by atoms with Crippen molar-refractivity contribution >= 4 is 0 Å². The summed E-state index contributed by atoms with van der Waals surface area (Å²) in [7, 11) is 4.23. The Hall–Kier alpha value is -1.64. The first kappa shape index (κ1) is 15.7. The molecule has 0 spiro atoms. The van der Waals surface area contributed by atoms with Gasteiger partial charge in [0.15, 0.2) is 0 Å². The van der Waals surface area contributed by atoms with Crippen LogP contribution in [0.3, 0.4) is 0 Å². The Labute approximate surface area is 128 Å². The van der Waals surface area contributed by atoms with E-state index in [1.54, 1.807) is 0 Å². The molecule has 112 valence electrons. The predicted molar refractivity (Wildman–Crippen MR) is 90.4 cm³/mol. The van der Waals surface area contributed by atoms with E-state index in [9.17, 15) is 0 Å². The molecule has 2 heteroatoms. The van der Waals surface area contributed by atoms with Crippen LogP contribution in [0.4, 0.5) is 0 Å². The molecule has 0 aliphatic carbocycles. The Morgan fingerprint density at radius 1 is 0.905 bits per heavy atom. The zero-order valence-corrected chi connectivity index (χ0v) is 13.3.